The van der Waals surface area contributed by atoms with E-state index in [-0.39, 0.29) is 23.2 Å². The molecule has 4 rings (SSSR count). The Hall–Kier alpha value is -2.28. The predicted octanol–water partition coefficient (Wildman–Crippen LogP) is 6.10. The Kier molecular flexibility index (Phi) is 9.19. The van der Waals surface area contributed by atoms with Gasteiger partial charge in [0.1, 0.15) is 6.10 Å². The minimum absolute atomic E-state index is 0.0236. The molecule has 0 amide bonds. The van der Waals surface area contributed by atoms with Crippen LogP contribution >= 0.6 is 0 Å². The van der Waals surface area contributed by atoms with Gasteiger partial charge in [-0.15, -0.1) is 0 Å². The molecule has 1 aliphatic heterocycles. The fraction of sp³-hybridized carbons (Fsp3) is 0.471. The van der Waals surface area contributed by atoms with Gasteiger partial charge in [0.2, 0.25) is 0 Å². The normalized spacial score (nSPS) is 21.2. The summed E-state index contributed by atoms with van der Waals surface area (Å²) < 4.78 is 19.8. The van der Waals surface area contributed by atoms with Gasteiger partial charge in [0.05, 0.1) is 24.9 Å². The first-order valence-electron chi connectivity index (χ1n) is 14.2. The maximum absolute atomic E-state index is 11.1. The van der Waals surface area contributed by atoms with Crippen LogP contribution in [0.1, 0.15) is 59.9 Å². The van der Waals surface area contributed by atoms with Gasteiger partial charge >= 0.3 is 0 Å². The molecule has 210 valence electrons. The number of aliphatic hydroxyl groups excluding tert-OH is 1. The number of hydrogen-bond acceptors (Lipinski definition) is 4. The van der Waals surface area contributed by atoms with Crippen LogP contribution in [0.4, 0.5) is 0 Å². The van der Waals surface area contributed by atoms with Crippen molar-refractivity contribution in [1.29, 1.82) is 0 Å². The summed E-state index contributed by atoms with van der Waals surface area (Å²) in [6.07, 6.45) is 0.948. The molecule has 0 bridgehead atoms. The van der Waals surface area contributed by atoms with Crippen LogP contribution < -0.4 is 10.4 Å². The van der Waals surface area contributed by atoms with Gasteiger partial charge in [-0.1, -0.05) is 126 Å². The molecule has 0 aromatic heterocycles. The summed E-state index contributed by atoms with van der Waals surface area (Å²) in [6, 6.07) is 31.6. The van der Waals surface area contributed by atoms with Crippen LogP contribution in [0.15, 0.2) is 91.0 Å². The minimum Gasteiger partial charge on any atom is -0.407 e. The Labute approximate surface area is 236 Å². The number of aliphatic hydroxyl groups is 1. The van der Waals surface area contributed by atoms with E-state index in [4.69, 9.17) is 13.9 Å². The SMILES string of the molecule is CC(C)(CO[Si](c1ccccc1)(c1ccccc1)C(C)(C)C)[C@H]1CC[C@@](C)([C@H](O)COCc2ccccc2)O1. The summed E-state index contributed by atoms with van der Waals surface area (Å²) in [5, 5.41) is 13.5. The molecule has 3 atom stereocenters. The van der Waals surface area contributed by atoms with Crippen molar-refractivity contribution in [3.05, 3.63) is 96.6 Å². The smallest absolute Gasteiger partial charge is 0.261 e. The molecule has 1 saturated heterocycles. The third kappa shape index (κ3) is 6.55. The highest BCUT2D eigenvalue weighted by atomic mass is 28.4. The number of hydrogen-bond donors (Lipinski definition) is 1. The van der Waals surface area contributed by atoms with Crippen molar-refractivity contribution in [3.8, 4) is 0 Å². The van der Waals surface area contributed by atoms with Crippen molar-refractivity contribution < 1.29 is 19.0 Å². The summed E-state index contributed by atoms with van der Waals surface area (Å²) in [5.41, 5.74) is 0.215. The Balaban J connectivity index is 1.48. The van der Waals surface area contributed by atoms with E-state index in [0.29, 0.717) is 13.2 Å². The van der Waals surface area contributed by atoms with Crippen LogP contribution in [-0.4, -0.2) is 44.4 Å². The molecule has 3 aromatic rings. The molecule has 39 heavy (non-hydrogen) atoms. The van der Waals surface area contributed by atoms with E-state index < -0.39 is 20.0 Å². The molecule has 3 aromatic carbocycles. The zero-order valence-electron chi connectivity index (χ0n) is 24.5. The molecule has 0 aliphatic carbocycles. The second-order valence-corrected chi connectivity index (χ2v) is 17.2. The third-order valence-electron chi connectivity index (χ3n) is 8.36. The van der Waals surface area contributed by atoms with Crippen molar-refractivity contribution in [2.24, 2.45) is 5.41 Å². The minimum atomic E-state index is -2.64. The largest absolute Gasteiger partial charge is 0.407 e. The van der Waals surface area contributed by atoms with Crippen LogP contribution in [0.25, 0.3) is 0 Å². The average molecular weight is 547 g/mol. The van der Waals surface area contributed by atoms with Crippen molar-refractivity contribution in [2.45, 2.75) is 83.8 Å². The fourth-order valence-electron chi connectivity index (χ4n) is 5.84. The first-order chi connectivity index (χ1) is 18.5. The highest BCUT2D eigenvalue weighted by Crippen LogP contribution is 2.43. The van der Waals surface area contributed by atoms with Crippen LogP contribution in [0, 0.1) is 5.41 Å². The van der Waals surface area contributed by atoms with E-state index in [2.05, 4.69) is 95.3 Å². The molecule has 5 heteroatoms. The van der Waals surface area contributed by atoms with Gasteiger partial charge in [-0.25, -0.2) is 0 Å². The summed E-state index contributed by atoms with van der Waals surface area (Å²) in [6.45, 7) is 14.7. The Morgan fingerprint density at radius 2 is 1.38 bits per heavy atom. The quantitative estimate of drug-likeness (QED) is 0.295. The maximum Gasteiger partial charge on any atom is 0.261 e. The van der Waals surface area contributed by atoms with Gasteiger partial charge in [-0.2, -0.15) is 0 Å². The Bertz CT molecular complexity index is 1120. The van der Waals surface area contributed by atoms with Gasteiger partial charge in [-0.3, -0.25) is 0 Å². The Morgan fingerprint density at radius 3 is 1.90 bits per heavy atom. The van der Waals surface area contributed by atoms with E-state index >= 15 is 0 Å². The number of benzene rings is 3. The molecule has 1 aliphatic rings. The number of ether oxygens (including phenoxy) is 2. The molecule has 1 N–H and O–H groups in total. The van der Waals surface area contributed by atoms with E-state index in [1.165, 1.54) is 10.4 Å². The zero-order valence-corrected chi connectivity index (χ0v) is 25.5. The summed E-state index contributed by atoms with van der Waals surface area (Å²) in [4.78, 5) is 0. The summed E-state index contributed by atoms with van der Waals surface area (Å²) in [5.74, 6) is 0. The van der Waals surface area contributed by atoms with Crippen LogP contribution in [0.5, 0.6) is 0 Å². The van der Waals surface area contributed by atoms with Crippen molar-refractivity contribution in [3.63, 3.8) is 0 Å². The van der Waals surface area contributed by atoms with E-state index in [9.17, 15) is 5.11 Å². The van der Waals surface area contributed by atoms with Crippen LogP contribution in [0.2, 0.25) is 5.04 Å². The molecule has 0 unspecified atom stereocenters. The predicted molar refractivity (Wildman–Crippen MR) is 162 cm³/mol. The fourth-order valence-corrected chi connectivity index (χ4v) is 10.6. The maximum atomic E-state index is 11.1. The number of rotatable bonds is 11. The molecule has 1 heterocycles. The monoisotopic (exact) mass is 546 g/mol. The zero-order chi connectivity index (χ0) is 28.2. The summed E-state index contributed by atoms with van der Waals surface area (Å²) in [7, 11) is -2.64. The van der Waals surface area contributed by atoms with Gasteiger partial charge in [0.25, 0.3) is 8.32 Å². The molecular formula is C34H46O4Si. The second kappa shape index (κ2) is 12.1. The van der Waals surface area contributed by atoms with Crippen molar-refractivity contribution in [1.82, 2.24) is 0 Å². The average Bonchev–Trinajstić information content (AvgIpc) is 3.34. The van der Waals surface area contributed by atoms with Gasteiger partial charge in [0, 0.05) is 12.0 Å². The van der Waals surface area contributed by atoms with Crippen molar-refractivity contribution >= 4 is 18.7 Å². The molecule has 0 saturated carbocycles. The second-order valence-electron chi connectivity index (χ2n) is 12.9. The van der Waals surface area contributed by atoms with Gasteiger partial charge < -0.3 is 19.0 Å². The lowest BCUT2D eigenvalue weighted by Crippen LogP contribution is -2.67. The lowest BCUT2D eigenvalue weighted by atomic mass is 9.85. The van der Waals surface area contributed by atoms with E-state index in [1.807, 2.05) is 37.3 Å². The molecular weight excluding hydrogens is 500 g/mol. The lowest BCUT2D eigenvalue weighted by molar-refractivity contribution is -0.152. The van der Waals surface area contributed by atoms with E-state index in [0.717, 1.165) is 18.4 Å². The third-order valence-corrected chi connectivity index (χ3v) is 13.3. The standard InChI is InChI=1S/C34H46O4Si/c1-32(2,3)39(28-18-12-8-13-19-28,29-20-14-9-15-21-29)37-26-33(4,5)31-22-23-34(6,38-31)30(35)25-36-24-27-16-10-7-11-17-27/h7-21,30-31,35H,22-26H2,1-6H3/t30-,31-,34+/m1/s1. The highest BCUT2D eigenvalue weighted by molar-refractivity contribution is 6.99. The lowest BCUT2D eigenvalue weighted by Gasteiger charge is -2.45. The highest BCUT2D eigenvalue weighted by Gasteiger charge is 2.52. The van der Waals surface area contributed by atoms with Crippen molar-refractivity contribution in [2.75, 3.05) is 13.2 Å². The molecule has 1 fully saturated rings. The Morgan fingerprint density at radius 1 is 0.872 bits per heavy atom. The summed E-state index contributed by atoms with van der Waals surface area (Å²) >= 11 is 0. The molecule has 4 nitrogen and oxygen atoms in total. The first kappa shape index (κ1) is 29.7. The topological polar surface area (TPSA) is 47.9 Å². The van der Waals surface area contributed by atoms with E-state index in [1.54, 1.807) is 0 Å². The van der Waals surface area contributed by atoms with Gasteiger partial charge in [0.15, 0.2) is 0 Å². The van der Waals surface area contributed by atoms with Crippen LogP contribution in [-0.2, 0) is 20.5 Å². The van der Waals surface area contributed by atoms with Gasteiger partial charge in [-0.05, 0) is 40.7 Å². The first-order valence-corrected chi connectivity index (χ1v) is 16.1. The molecule has 0 radical (unpaired) electrons. The van der Waals surface area contributed by atoms with Crippen LogP contribution in [0.3, 0.4) is 0 Å². The molecule has 0 spiro atoms.